The van der Waals surface area contributed by atoms with Crippen LogP contribution in [0.5, 0.6) is 0 Å². The number of nitrogens with zero attached hydrogens (tertiary/aromatic N) is 2. The maximum atomic E-state index is 12.1. The first-order valence-electron chi connectivity index (χ1n) is 6.63. The maximum Gasteiger partial charge on any atom is 0.317 e. The van der Waals surface area contributed by atoms with E-state index in [9.17, 15) is 4.79 Å². The molecule has 1 atom stereocenters. The Labute approximate surface area is 119 Å². The van der Waals surface area contributed by atoms with Gasteiger partial charge in [-0.3, -0.25) is 4.98 Å². The minimum Gasteiger partial charge on any atom is -0.334 e. The predicted octanol–water partition coefficient (Wildman–Crippen LogP) is 2.98. The average molecular weight is 269 g/mol. The third-order valence-electron chi connectivity index (χ3n) is 3.35. The van der Waals surface area contributed by atoms with Crippen molar-refractivity contribution in [2.24, 2.45) is 0 Å². The molecule has 0 aliphatic rings. The molecule has 4 heteroatoms. The minimum absolute atomic E-state index is 0.0325. The summed E-state index contributed by atoms with van der Waals surface area (Å²) in [5.74, 6) is 0. The van der Waals surface area contributed by atoms with Crippen molar-refractivity contribution >= 4 is 6.03 Å². The Hall–Kier alpha value is -2.36. The number of carbonyl (C=O) groups is 1. The molecular weight excluding hydrogens is 250 g/mol. The van der Waals surface area contributed by atoms with Gasteiger partial charge < -0.3 is 10.2 Å². The average Bonchev–Trinajstić information content (AvgIpc) is 2.53. The van der Waals surface area contributed by atoms with Crippen molar-refractivity contribution in [3.8, 4) is 0 Å². The Balaban J connectivity index is 1.92. The monoisotopic (exact) mass is 269 g/mol. The van der Waals surface area contributed by atoms with Crippen LogP contribution in [0.3, 0.4) is 0 Å². The van der Waals surface area contributed by atoms with E-state index in [0.717, 1.165) is 11.1 Å². The van der Waals surface area contributed by atoms with E-state index in [2.05, 4.69) is 10.3 Å². The highest BCUT2D eigenvalue weighted by atomic mass is 16.2. The van der Waals surface area contributed by atoms with Gasteiger partial charge in [-0.1, -0.05) is 36.4 Å². The Morgan fingerprint density at radius 3 is 2.65 bits per heavy atom. The molecule has 0 aliphatic carbocycles. The van der Waals surface area contributed by atoms with E-state index in [4.69, 9.17) is 0 Å². The van der Waals surface area contributed by atoms with Crippen molar-refractivity contribution in [1.82, 2.24) is 15.2 Å². The molecule has 1 heterocycles. The lowest BCUT2D eigenvalue weighted by Crippen LogP contribution is -2.38. The van der Waals surface area contributed by atoms with Gasteiger partial charge in [-0.25, -0.2) is 4.79 Å². The van der Waals surface area contributed by atoms with E-state index < -0.39 is 0 Å². The molecule has 1 N–H and O–H groups in total. The number of rotatable bonds is 4. The van der Waals surface area contributed by atoms with Crippen LogP contribution in [0.25, 0.3) is 0 Å². The molecule has 0 aliphatic heterocycles. The number of amides is 2. The predicted molar refractivity (Wildman–Crippen MR) is 79.1 cm³/mol. The zero-order chi connectivity index (χ0) is 14.4. The van der Waals surface area contributed by atoms with Crippen LogP contribution in [-0.4, -0.2) is 23.0 Å². The number of hydrogen-bond donors (Lipinski definition) is 1. The van der Waals surface area contributed by atoms with Crippen LogP contribution in [0.15, 0.2) is 54.9 Å². The molecule has 20 heavy (non-hydrogen) atoms. The minimum atomic E-state index is -0.0924. The van der Waals surface area contributed by atoms with Crippen molar-refractivity contribution in [2.45, 2.75) is 19.5 Å². The molecule has 1 aromatic carbocycles. The Bertz CT molecular complexity index is 542. The molecule has 4 nitrogen and oxygen atoms in total. The Morgan fingerprint density at radius 1 is 1.25 bits per heavy atom. The summed E-state index contributed by atoms with van der Waals surface area (Å²) in [5.41, 5.74) is 2.10. The van der Waals surface area contributed by atoms with Gasteiger partial charge in [-0.05, 0) is 24.1 Å². The van der Waals surface area contributed by atoms with Gasteiger partial charge in [0.1, 0.15) is 0 Å². The molecule has 1 aromatic heterocycles. The van der Waals surface area contributed by atoms with E-state index >= 15 is 0 Å². The summed E-state index contributed by atoms with van der Waals surface area (Å²) in [7, 11) is 1.80. The van der Waals surface area contributed by atoms with Crippen LogP contribution in [0.2, 0.25) is 0 Å². The van der Waals surface area contributed by atoms with Crippen LogP contribution < -0.4 is 5.32 Å². The van der Waals surface area contributed by atoms with Gasteiger partial charge in [0.25, 0.3) is 0 Å². The lowest BCUT2D eigenvalue weighted by molar-refractivity contribution is 0.194. The molecule has 0 bridgehead atoms. The molecule has 2 amide bonds. The van der Waals surface area contributed by atoms with E-state index in [-0.39, 0.29) is 12.1 Å². The SMILES string of the molecule is C[C@H](c1ccccc1)N(C)C(=O)NCc1cccnc1. The molecule has 0 fully saturated rings. The van der Waals surface area contributed by atoms with Crippen LogP contribution in [0, 0.1) is 0 Å². The fourth-order valence-corrected chi connectivity index (χ4v) is 1.94. The van der Waals surface area contributed by atoms with Gasteiger partial charge in [0.2, 0.25) is 0 Å². The van der Waals surface area contributed by atoms with Gasteiger partial charge in [-0.2, -0.15) is 0 Å². The lowest BCUT2D eigenvalue weighted by Gasteiger charge is -2.25. The maximum absolute atomic E-state index is 12.1. The van der Waals surface area contributed by atoms with Crippen LogP contribution in [0.4, 0.5) is 4.79 Å². The van der Waals surface area contributed by atoms with Crippen molar-refractivity contribution in [1.29, 1.82) is 0 Å². The lowest BCUT2D eigenvalue weighted by atomic mass is 10.1. The molecule has 104 valence electrons. The van der Waals surface area contributed by atoms with E-state index in [0.29, 0.717) is 6.54 Å². The number of benzene rings is 1. The first-order chi connectivity index (χ1) is 9.68. The third-order valence-corrected chi connectivity index (χ3v) is 3.35. The normalized spacial score (nSPS) is 11.7. The fraction of sp³-hybridized carbons (Fsp3) is 0.250. The number of aromatic nitrogens is 1. The molecule has 2 aromatic rings. The van der Waals surface area contributed by atoms with Crippen LogP contribution in [-0.2, 0) is 6.54 Å². The summed E-state index contributed by atoms with van der Waals surface area (Å²) in [5, 5.41) is 2.90. The van der Waals surface area contributed by atoms with Crippen molar-refractivity contribution in [3.63, 3.8) is 0 Å². The quantitative estimate of drug-likeness (QED) is 0.927. The van der Waals surface area contributed by atoms with Crippen molar-refractivity contribution in [3.05, 3.63) is 66.0 Å². The zero-order valence-electron chi connectivity index (χ0n) is 11.8. The summed E-state index contributed by atoms with van der Waals surface area (Å²) < 4.78 is 0. The zero-order valence-corrected chi connectivity index (χ0v) is 11.8. The number of carbonyl (C=O) groups excluding carboxylic acids is 1. The van der Waals surface area contributed by atoms with E-state index in [1.165, 1.54) is 0 Å². The van der Waals surface area contributed by atoms with Gasteiger partial charge in [0.15, 0.2) is 0 Å². The molecule has 2 rings (SSSR count). The fourth-order valence-electron chi connectivity index (χ4n) is 1.94. The van der Waals surface area contributed by atoms with Gasteiger partial charge in [0, 0.05) is 26.0 Å². The second kappa shape index (κ2) is 6.70. The van der Waals surface area contributed by atoms with Gasteiger partial charge >= 0.3 is 6.03 Å². The third kappa shape index (κ3) is 3.57. The number of nitrogens with one attached hydrogen (secondary N) is 1. The Morgan fingerprint density at radius 2 is 2.00 bits per heavy atom. The summed E-state index contributed by atoms with van der Waals surface area (Å²) in [6, 6.07) is 13.7. The first kappa shape index (κ1) is 14.1. The van der Waals surface area contributed by atoms with Crippen LogP contribution >= 0.6 is 0 Å². The standard InChI is InChI=1S/C16H19N3O/c1-13(15-8-4-3-5-9-15)19(2)16(20)18-12-14-7-6-10-17-11-14/h3-11,13H,12H2,1-2H3,(H,18,20)/t13-/m1/s1. The summed E-state index contributed by atoms with van der Waals surface area (Å²) in [6.07, 6.45) is 3.47. The second-order valence-electron chi connectivity index (χ2n) is 4.72. The largest absolute Gasteiger partial charge is 0.334 e. The van der Waals surface area contributed by atoms with Crippen molar-refractivity contribution < 1.29 is 4.79 Å². The highest BCUT2D eigenvalue weighted by Gasteiger charge is 2.16. The highest BCUT2D eigenvalue weighted by Crippen LogP contribution is 2.17. The Kier molecular flexibility index (Phi) is 4.71. The molecular formula is C16H19N3O. The second-order valence-corrected chi connectivity index (χ2v) is 4.72. The summed E-state index contributed by atoms with van der Waals surface area (Å²) in [6.45, 7) is 2.50. The number of hydrogen-bond acceptors (Lipinski definition) is 2. The molecule has 0 radical (unpaired) electrons. The number of urea groups is 1. The molecule has 0 saturated heterocycles. The highest BCUT2D eigenvalue weighted by molar-refractivity contribution is 5.74. The topological polar surface area (TPSA) is 45.2 Å². The molecule has 0 saturated carbocycles. The molecule has 0 unspecified atom stereocenters. The first-order valence-corrected chi connectivity index (χ1v) is 6.63. The van der Waals surface area contributed by atoms with E-state index in [1.807, 2.05) is 49.4 Å². The van der Waals surface area contributed by atoms with Crippen molar-refractivity contribution in [2.75, 3.05) is 7.05 Å². The van der Waals surface area contributed by atoms with Crippen LogP contribution in [0.1, 0.15) is 24.1 Å². The van der Waals surface area contributed by atoms with Gasteiger partial charge in [-0.15, -0.1) is 0 Å². The molecule has 0 spiro atoms. The van der Waals surface area contributed by atoms with E-state index in [1.54, 1.807) is 24.3 Å². The van der Waals surface area contributed by atoms with Gasteiger partial charge in [0.05, 0.1) is 6.04 Å². The number of pyridine rings is 1. The summed E-state index contributed by atoms with van der Waals surface area (Å²) >= 11 is 0. The smallest absolute Gasteiger partial charge is 0.317 e. The summed E-state index contributed by atoms with van der Waals surface area (Å²) in [4.78, 5) is 17.9.